The number of carbonyl (C=O) groups is 2. The van der Waals surface area contributed by atoms with Crippen LogP contribution < -0.4 is 9.47 Å². The largest absolute Gasteiger partial charge is 0.486 e. The zero-order chi connectivity index (χ0) is 23.1. The molecule has 3 heterocycles. The fourth-order valence-electron chi connectivity index (χ4n) is 5.17. The number of rotatable bonds is 3. The Labute approximate surface area is 198 Å². The number of esters is 1. The Morgan fingerprint density at radius 3 is 2.56 bits per heavy atom. The van der Waals surface area contributed by atoms with E-state index in [1.54, 1.807) is 12.1 Å². The summed E-state index contributed by atoms with van der Waals surface area (Å²) in [5.41, 5.74) is 4.00. The van der Waals surface area contributed by atoms with E-state index in [1.807, 2.05) is 59.5 Å². The highest BCUT2D eigenvalue weighted by molar-refractivity contribution is 5.98. The minimum atomic E-state index is -0.344. The van der Waals surface area contributed by atoms with Crippen molar-refractivity contribution in [3.63, 3.8) is 0 Å². The summed E-state index contributed by atoms with van der Waals surface area (Å²) in [4.78, 5) is 28.1. The van der Waals surface area contributed by atoms with Gasteiger partial charge in [0.1, 0.15) is 19.3 Å². The van der Waals surface area contributed by atoms with Crippen LogP contribution in [-0.2, 0) is 11.2 Å². The predicted octanol–water partition coefficient (Wildman–Crippen LogP) is 4.89. The van der Waals surface area contributed by atoms with E-state index >= 15 is 0 Å². The van der Waals surface area contributed by atoms with Crippen molar-refractivity contribution in [3.05, 3.63) is 94.5 Å². The van der Waals surface area contributed by atoms with Gasteiger partial charge in [-0.15, -0.1) is 0 Å². The molecule has 34 heavy (non-hydrogen) atoms. The van der Waals surface area contributed by atoms with E-state index in [1.165, 1.54) is 0 Å². The average molecular weight is 456 g/mol. The molecule has 3 aromatic rings. The van der Waals surface area contributed by atoms with Crippen LogP contribution in [-0.4, -0.2) is 36.5 Å². The molecular weight excluding hydrogens is 430 g/mol. The van der Waals surface area contributed by atoms with Crippen LogP contribution in [0.2, 0.25) is 0 Å². The molecule has 1 amide bonds. The monoisotopic (exact) mass is 455 g/mol. The molecule has 0 saturated carbocycles. The van der Waals surface area contributed by atoms with Gasteiger partial charge in [0.05, 0.1) is 11.6 Å². The van der Waals surface area contributed by atoms with Crippen LogP contribution in [0.25, 0.3) is 0 Å². The van der Waals surface area contributed by atoms with E-state index in [0.29, 0.717) is 37.3 Å². The van der Waals surface area contributed by atoms with E-state index in [2.05, 4.69) is 0 Å². The van der Waals surface area contributed by atoms with Crippen LogP contribution in [0, 0.1) is 0 Å². The zero-order valence-electron chi connectivity index (χ0n) is 18.7. The molecule has 3 aliphatic rings. The summed E-state index contributed by atoms with van der Waals surface area (Å²) >= 11 is 0. The maximum atomic E-state index is 13.6. The molecule has 3 aliphatic heterocycles. The molecular formula is C28H25NO5. The molecule has 1 fully saturated rings. The van der Waals surface area contributed by atoms with E-state index < -0.39 is 0 Å². The molecule has 0 spiro atoms. The topological polar surface area (TPSA) is 65.1 Å². The molecule has 0 radical (unpaired) electrons. The first-order valence-corrected chi connectivity index (χ1v) is 11.8. The van der Waals surface area contributed by atoms with Crippen LogP contribution in [0.3, 0.4) is 0 Å². The second kappa shape index (κ2) is 8.52. The summed E-state index contributed by atoms with van der Waals surface area (Å²) in [5.74, 6) is 1.13. The number of hydrogen-bond donors (Lipinski definition) is 0. The number of ether oxygens (including phenoxy) is 3. The Balaban J connectivity index is 1.27. The Kier molecular flexibility index (Phi) is 5.21. The summed E-state index contributed by atoms with van der Waals surface area (Å²) < 4.78 is 17.1. The average Bonchev–Trinajstić information content (AvgIpc) is 3.38. The van der Waals surface area contributed by atoms with Crippen LogP contribution in [0.15, 0.2) is 66.7 Å². The van der Waals surface area contributed by atoms with Gasteiger partial charge >= 0.3 is 5.97 Å². The SMILES string of the molecule is O=C1O[C@@H](c2ccccc2)Cc2cc(C(=O)N3CCC[C@@H]3c3ccc4c(c3)OCCO4)ccc21. The van der Waals surface area contributed by atoms with Crippen molar-refractivity contribution in [2.45, 2.75) is 31.4 Å². The van der Waals surface area contributed by atoms with Crippen LogP contribution in [0.4, 0.5) is 0 Å². The molecule has 6 heteroatoms. The number of benzene rings is 3. The number of carbonyl (C=O) groups excluding carboxylic acids is 2. The highest BCUT2D eigenvalue weighted by Gasteiger charge is 2.33. The molecule has 1 saturated heterocycles. The highest BCUT2D eigenvalue weighted by Crippen LogP contribution is 2.39. The summed E-state index contributed by atoms with van der Waals surface area (Å²) in [6.07, 6.45) is 2.05. The van der Waals surface area contributed by atoms with E-state index in [4.69, 9.17) is 14.2 Å². The van der Waals surface area contributed by atoms with Gasteiger partial charge in [0.2, 0.25) is 0 Å². The molecule has 2 atom stereocenters. The standard InChI is InChI=1S/C28H25NO5/c30-27(29-12-4-7-23(29)19-9-11-24-26(16-19)33-14-13-32-24)20-8-10-22-21(15-20)17-25(34-28(22)31)18-5-2-1-3-6-18/h1-3,5-6,8-11,15-16,23,25H,4,7,12-14,17H2/t23-,25-/m1/s1. The second-order valence-electron chi connectivity index (χ2n) is 8.94. The van der Waals surface area contributed by atoms with Crippen LogP contribution >= 0.6 is 0 Å². The normalized spacial score (nSPS) is 21.1. The third kappa shape index (κ3) is 3.69. The van der Waals surface area contributed by atoms with E-state index in [-0.39, 0.29) is 24.0 Å². The van der Waals surface area contributed by atoms with Crippen molar-refractivity contribution in [1.29, 1.82) is 0 Å². The molecule has 172 valence electrons. The van der Waals surface area contributed by atoms with Gasteiger partial charge in [-0.05, 0) is 59.9 Å². The summed E-state index contributed by atoms with van der Waals surface area (Å²) in [6.45, 7) is 1.78. The van der Waals surface area contributed by atoms with Gasteiger partial charge in [0.25, 0.3) is 5.91 Å². The quantitative estimate of drug-likeness (QED) is 0.526. The first-order valence-electron chi connectivity index (χ1n) is 11.8. The van der Waals surface area contributed by atoms with Gasteiger partial charge in [-0.2, -0.15) is 0 Å². The lowest BCUT2D eigenvalue weighted by Crippen LogP contribution is -2.31. The van der Waals surface area contributed by atoms with Crippen molar-refractivity contribution < 1.29 is 23.8 Å². The van der Waals surface area contributed by atoms with Gasteiger partial charge in [-0.25, -0.2) is 4.79 Å². The number of likely N-dealkylation sites (tertiary alicyclic amines) is 1. The molecule has 3 aromatic carbocycles. The molecule has 0 N–H and O–H groups in total. The summed E-state index contributed by atoms with van der Waals surface area (Å²) in [6, 6.07) is 21.0. The van der Waals surface area contributed by atoms with Crippen molar-refractivity contribution in [3.8, 4) is 11.5 Å². The van der Waals surface area contributed by atoms with Crippen molar-refractivity contribution in [2.24, 2.45) is 0 Å². The van der Waals surface area contributed by atoms with Gasteiger partial charge < -0.3 is 19.1 Å². The molecule has 6 nitrogen and oxygen atoms in total. The van der Waals surface area contributed by atoms with Crippen LogP contribution in [0.1, 0.15) is 62.4 Å². The minimum absolute atomic E-state index is 0.0126. The number of nitrogens with zero attached hydrogens (tertiary/aromatic N) is 1. The second-order valence-corrected chi connectivity index (χ2v) is 8.94. The lowest BCUT2D eigenvalue weighted by molar-refractivity contribution is 0.0252. The van der Waals surface area contributed by atoms with Crippen molar-refractivity contribution >= 4 is 11.9 Å². The molecule has 0 bridgehead atoms. The molecule has 0 aromatic heterocycles. The first-order chi connectivity index (χ1) is 16.7. The Bertz CT molecular complexity index is 1250. The number of hydrogen-bond acceptors (Lipinski definition) is 5. The van der Waals surface area contributed by atoms with E-state index in [0.717, 1.165) is 41.0 Å². The fraction of sp³-hybridized carbons (Fsp3) is 0.286. The fourth-order valence-corrected chi connectivity index (χ4v) is 5.17. The number of cyclic esters (lactones) is 1. The van der Waals surface area contributed by atoms with Crippen molar-refractivity contribution in [1.82, 2.24) is 4.90 Å². The van der Waals surface area contributed by atoms with Crippen molar-refractivity contribution in [2.75, 3.05) is 19.8 Å². The molecule has 0 unspecified atom stereocenters. The van der Waals surface area contributed by atoms with Gasteiger partial charge in [-0.3, -0.25) is 4.79 Å². The van der Waals surface area contributed by atoms with E-state index in [9.17, 15) is 9.59 Å². The highest BCUT2D eigenvalue weighted by atomic mass is 16.6. The smallest absolute Gasteiger partial charge is 0.339 e. The predicted molar refractivity (Wildman–Crippen MR) is 125 cm³/mol. The minimum Gasteiger partial charge on any atom is -0.486 e. The number of amides is 1. The lowest BCUT2D eigenvalue weighted by Gasteiger charge is -2.28. The van der Waals surface area contributed by atoms with Gasteiger partial charge in [0.15, 0.2) is 11.5 Å². The third-order valence-electron chi connectivity index (χ3n) is 6.86. The zero-order valence-corrected chi connectivity index (χ0v) is 18.7. The Hall–Kier alpha value is -3.80. The first kappa shape index (κ1) is 20.8. The summed E-state index contributed by atoms with van der Waals surface area (Å²) in [5, 5.41) is 0. The third-order valence-corrected chi connectivity index (χ3v) is 6.86. The Morgan fingerprint density at radius 2 is 1.71 bits per heavy atom. The maximum Gasteiger partial charge on any atom is 0.339 e. The number of fused-ring (bicyclic) bond motifs is 2. The summed E-state index contributed by atoms with van der Waals surface area (Å²) in [7, 11) is 0. The van der Waals surface area contributed by atoms with Gasteiger partial charge in [-0.1, -0.05) is 36.4 Å². The Morgan fingerprint density at radius 1 is 0.882 bits per heavy atom. The van der Waals surface area contributed by atoms with Crippen LogP contribution in [0.5, 0.6) is 11.5 Å². The lowest BCUT2D eigenvalue weighted by atomic mass is 9.93. The molecule has 0 aliphatic carbocycles. The molecule has 6 rings (SSSR count). The maximum absolute atomic E-state index is 13.6. The van der Waals surface area contributed by atoms with Gasteiger partial charge in [0, 0.05) is 18.5 Å².